The third-order valence-corrected chi connectivity index (χ3v) is 3.40. The van der Waals surface area contributed by atoms with Gasteiger partial charge < -0.3 is 0 Å². The van der Waals surface area contributed by atoms with Crippen LogP contribution in [0.15, 0.2) is 12.2 Å². The van der Waals surface area contributed by atoms with Crippen LogP contribution in [-0.4, -0.2) is 0 Å². The number of hydrogen-bond donors (Lipinski definition) is 0. The predicted molar refractivity (Wildman–Crippen MR) is 32.4 cm³/mol. The molecule has 3 rings (SSSR count). The number of hydrogen-bond acceptors (Lipinski definition) is 0. The number of rotatable bonds is 0. The van der Waals surface area contributed by atoms with Crippen LogP contribution in [0.1, 0.15) is 19.3 Å². The summed E-state index contributed by atoms with van der Waals surface area (Å²) in [7, 11) is 0. The molecule has 0 heterocycles. The van der Waals surface area contributed by atoms with Crippen LogP contribution in [0.2, 0.25) is 0 Å². The smallest absolute Gasteiger partial charge is 0.0140 e. The fourth-order valence-electron chi connectivity index (χ4n) is 2.68. The van der Waals surface area contributed by atoms with Gasteiger partial charge in [-0.1, -0.05) is 12.2 Å². The van der Waals surface area contributed by atoms with E-state index in [4.69, 9.17) is 0 Å². The van der Waals surface area contributed by atoms with E-state index in [9.17, 15) is 0 Å². The third kappa shape index (κ3) is 0.195. The summed E-state index contributed by atoms with van der Waals surface area (Å²) in [6.07, 6.45) is 4.44. The molecular weight excluding hydrogens is 96.1 g/mol. The maximum absolute atomic E-state index is 4.05. The van der Waals surface area contributed by atoms with E-state index in [1.54, 1.807) is 12.0 Å². The maximum Gasteiger partial charge on any atom is -0.0140 e. The van der Waals surface area contributed by atoms with Crippen LogP contribution >= 0.6 is 0 Å². The lowest BCUT2D eigenvalue weighted by Crippen LogP contribution is -1.78. The lowest BCUT2D eigenvalue weighted by Gasteiger charge is -1.93. The van der Waals surface area contributed by atoms with E-state index < -0.39 is 0 Å². The zero-order valence-electron chi connectivity index (χ0n) is 4.98. The van der Waals surface area contributed by atoms with Gasteiger partial charge in [0.05, 0.1) is 0 Å². The summed E-state index contributed by atoms with van der Waals surface area (Å²) in [5, 5.41) is 0. The Balaban J connectivity index is 2.12. The molecule has 0 aliphatic heterocycles. The highest BCUT2D eigenvalue weighted by molar-refractivity contribution is 5.36. The minimum atomic E-state index is 0.900. The Hall–Kier alpha value is -0.260. The van der Waals surface area contributed by atoms with Gasteiger partial charge in [-0.2, -0.15) is 0 Å². The molecule has 0 aromatic heterocycles. The van der Waals surface area contributed by atoms with Gasteiger partial charge in [-0.25, -0.2) is 0 Å². The molecule has 3 unspecified atom stereocenters. The van der Waals surface area contributed by atoms with E-state index in [-0.39, 0.29) is 0 Å². The Morgan fingerprint density at radius 2 is 2.38 bits per heavy atom. The van der Waals surface area contributed by atoms with E-state index in [2.05, 4.69) is 6.58 Å². The van der Waals surface area contributed by atoms with Crippen molar-refractivity contribution in [2.75, 3.05) is 0 Å². The fourth-order valence-corrected chi connectivity index (χ4v) is 2.68. The van der Waals surface area contributed by atoms with Crippen LogP contribution < -0.4 is 0 Å². The van der Waals surface area contributed by atoms with Crippen LogP contribution in [0.25, 0.3) is 0 Å². The van der Waals surface area contributed by atoms with Crippen molar-refractivity contribution in [2.45, 2.75) is 19.3 Å². The third-order valence-electron chi connectivity index (χ3n) is 3.40. The van der Waals surface area contributed by atoms with E-state index in [1.165, 1.54) is 12.8 Å². The minimum Gasteiger partial charge on any atom is -0.0995 e. The van der Waals surface area contributed by atoms with E-state index in [0.717, 1.165) is 17.3 Å². The van der Waals surface area contributed by atoms with E-state index in [1.807, 2.05) is 0 Å². The van der Waals surface area contributed by atoms with Crippen LogP contribution in [0.5, 0.6) is 0 Å². The second-order valence-corrected chi connectivity index (χ2v) is 3.75. The van der Waals surface area contributed by atoms with Crippen molar-refractivity contribution >= 4 is 0 Å². The highest BCUT2D eigenvalue weighted by atomic mass is 14.8. The molecule has 3 fully saturated rings. The summed E-state index contributed by atoms with van der Waals surface area (Å²) in [4.78, 5) is 0. The van der Waals surface area contributed by atoms with Crippen LogP contribution in [0.3, 0.4) is 0 Å². The number of allylic oxidation sites excluding steroid dienone is 1. The molecule has 0 aromatic carbocycles. The zero-order chi connectivity index (χ0) is 5.35. The highest BCUT2D eigenvalue weighted by Gasteiger charge is 2.74. The topological polar surface area (TPSA) is 0 Å². The van der Waals surface area contributed by atoms with Crippen molar-refractivity contribution in [3.63, 3.8) is 0 Å². The molecule has 3 atom stereocenters. The Morgan fingerprint density at radius 3 is 2.62 bits per heavy atom. The first kappa shape index (κ1) is 3.71. The Kier molecular flexibility index (Phi) is 0.327. The van der Waals surface area contributed by atoms with Gasteiger partial charge in [0.25, 0.3) is 0 Å². The van der Waals surface area contributed by atoms with E-state index >= 15 is 0 Å². The zero-order valence-corrected chi connectivity index (χ0v) is 4.98. The van der Waals surface area contributed by atoms with Gasteiger partial charge in [0.2, 0.25) is 0 Å². The van der Waals surface area contributed by atoms with Gasteiger partial charge in [0, 0.05) is 0 Å². The van der Waals surface area contributed by atoms with Crippen LogP contribution in [0, 0.1) is 17.3 Å². The molecule has 0 bridgehead atoms. The first-order valence-corrected chi connectivity index (χ1v) is 3.50. The second kappa shape index (κ2) is 0.706. The Labute approximate surface area is 49.6 Å². The van der Waals surface area contributed by atoms with Crippen molar-refractivity contribution in [2.24, 2.45) is 17.3 Å². The van der Waals surface area contributed by atoms with Gasteiger partial charge >= 0.3 is 0 Å². The van der Waals surface area contributed by atoms with Gasteiger partial charge in [0.1, 0.15) is 0 Å². The molecule has 0 radical (unpaired) electrons. The largest absolute Gasteiger partial charge is 0.0995 e. The summed E-state index contributed by atoms with van der Waals surface area (Å²) < 4.78 is 0. The Morgan fingerprint density at radius 1 is 1.50 bits per heavy atom. The van der Waals surface area contributed by atoms with Crippen molar-refractivity contribution in [3.05, 3.63) is 12.2 Å². The SMILES string of the molecule is C=C1CC2CC23CC13. The van der Waals surface area contributed by atoms with Gasteiger partial charge in [-0.05, 0) is 36.5 Å². The molecule has 42 valence electrons. The molecule has 1 spiro atoms. The van der Waals surface area contributed by atoms with Crippen molar-refractivity contribution in [3.8, 4) is 0 Å². The standard InChI is InChI=1S/C8H10/c1-5-2-6-3-8(6)4-7(5)8/h6-7H,1-4H2. The molecule has 0 N–H and O–H groups in total. The molecule has 0 amide bonds. The molecule has 0 heteroatoms. The first-order valence-electron chi connectivity index (χ1n) is 3.50. The first-order chi connectivity index (χ1) is 3.83. The molecule has 3 aliphatic rings. The molecule has 8 heavy (non-hydrogen) atoms. The van der Waals surface area contributed by atoms with Crippen molar-refractivity contribution < 1.29 is 0 Å². The van der Waals surface area contributed by atoms with Crippen molar-refractivity contribution in [1.82, 2.24) is 0 Å². The molecule has 3 aliphatic carbocycles. The van der Waals surface area contributed by atoms with Crippen molar-refractivity contribution in [1.29, 1.82) is 0 Å². The molecule has 0 aromatic rings. The lowest BCUT2D eigenvalue weighted by molar-refractivity contribution is 0.761. The Bertz CT molecular complexity index is 180. The molecule has 0 saturated heterocycles. The normalized spacial score (nSPS) is 64.8. The summed E-state index contributed by atoms with van der Waals surface area (Å²) in [6, 6.07) is 0. The van der Waals surface area contributed by atoms with Gasteiger partial charge in [0.15, 0.2) is 0 Å². The molecule has 0 nitrogen and oxygen atoms in total. The summed E-state index contributed by atoms with van der Waals surface area (Å²) in [6.45, 7) is 4.05. The second-order valence-electron chi connectivity index (χ2n) is 3.75. The average molecular weight is 106 g/mol. The minimum absolute atomic E-state index is 0.900. The molecule has 3 saturated carbocycles. The van der Waals surface area contributed by atoms with Gasteiger partial charge in [-0.3, -0.25) is 0 Å². The monoisotopic (exact) mass is 106 g/mol. The van der Waals surface area contributed by atoms with E-state index in [0.29, 0.717) is 0 Å². The molecular formula is C8H10. The van der Waals surface area contributed by atoms with Gasteiger partial charge in [-0.15, -0.1) is 0 Å². The summed E-state index contributed by atoms with van der Waals surface area (Å²) >= 11 is 0. The summed E-state index contributed by atoms with van der Waals surface area (Å²) in [5.74, 6) is 2.12. The fraction of sp³-hybridized carbons (Fsp3) is 0.750. The van der Waals surface area contributed by atoms with Crippen LogP contribution in [-0.2, 0) is 0 Å². The lowest BCUT2D eigenvalue weighted by atomic mass is 10.1. The highest BCUT2D eigenvalue weighted by Crippen LogP contribution is 2.83. The average Bonchev–Trinajstić information content (AvgIpc) is 2.51. The quantitative estimate of drug-likeness (QED) is 0.414. The maximum atomic E-state index is 4.05. The van der Waals surface area contributed by atoms with Crippen LogP contribution in [0.4, 0.5) is 0 Å². The predicted octanol–water partition coefficient (Wildman–Crippen LogP) is 1.97. The summed E-state index contributed by atoms with van der Waals surface area (Å²) in [5.41, 5.74) is 2.47.